The second-order valence-electron chi connectivity index (χ2n) is 3.40. The van der Waals surface area contributed by atoms with E-state index in [4.69, 9.17) is 0 Å². The van der Waals surface area contributed by atoms with Gasteiger partial charge in [0.25, 0.3) is 21.5 Å². The van der Waals surface area contributed by atoms with Crippen LogP contribution in [0.1, 0.15) is 12.5 Å². The Morgan fingerprint density at radius 1 is 1.16 bits per heavy atom. The van der Waals surface area contributed by atoms with Gasteiger partial charge in [-0.25, -0.2) is 0 Å². The smallest absolute Gasteiger partial charge is 0.265 e. The van der Waals surface area contributed by atoms with Crippen molar-refractivity contribution in [1.29, 1.82) is 0 Å². The predicted molar refractivity (Wildman–Crippen MR) is 64.0 cm³/mol. The summed E-state index contributed by atoms with van der Waals surface area (Å²) in [6.45, 7) is 0.576. The fraction of sp³-hybridized carbons (Fsp3) is 0.333. The van der Waals surface area contributed by atoms with Gasteiger partial charge < -0.3 is 0 Å². The van der Waals surface area contributed by atoms with E-state index in [1.165, 1.54) is 6.92 Å². The zero-order chi connectivity index (χ0) is 14.6. The molecule has 0 spiro atoms. The van der Waals surface area contributed by atoms with Gasteiger partial charge in [0.05, 0.1) is 15.6 Å². The molecule has 0 radical (unpaired) electrons. The third kappa shape index (κ3) is 3.69. The first-order valence-electron chi connectivity index (χ1n) is 5.06. The van der Waals surface area contributed by atoms with Crippen molar-refractivity contribution in [2.45, 2.75) is 13.5 Å². The number of hydrogen-bond donors (Lipinski definition) is 0. The molecule has 0 aliphatic heterocycles. The highest BCUT2D eigenvalue weighted by Crippen LogP contribution is 2.29. The lowest BCUT2D eigenvalue weighted by Gasteiger charge is -2.05. The minimum Gasteiger partial charge on any atom is -0.265 e. The molecule has 0 amide bonds. The second kappa shape index (κ2) is 5.71. The van der Waals surface area contributed by atoms with Crippen LogP contribution in [0.3, 0.4) is 0 Å². The number of benzene rings is 1. The molecule has 0 saturated heterocycles. The Balaban J connectivity index is 3.22. The van der Waals surface area contributed by atoms with Crippen molar-refractivity contribution in [3.05, 3.63) is 44.0 Å². The van der Waals surface area contributed by atoms with Gasteiger partial charge in [-0.3, -0.25) is 24.4 Å². The Hall–Kier alpha value is -2.07. The summed E-state index contributed by atoms with van der Waals surface area (Å²) < 4.78 is 26.9. The van der Waals surface area contributed by atoms with Crippen LogP contribution >= 0.6 is 0 Å². The highest BCUT2D eigenvalue weighted by molar-refractivity contribution is 7.86. The van der Waals surface area contributed by atoms with Crippen LogP contribution in [0.5, 0.6) is 0 Å². The quantitative estimate of drug-likeness (QED) is 0.439. The molecule has 1 aromatic rings. The van der Waals surface area contributed by atoms with Crippen molar-refractivity contribution in [3.63, 3.8) is 0 Å². The third-order valence-corrected chi connectivity index (χ3v) is 3.44. The Kier molecular flexibility index (Phi) is 4.51. The van der Waals surface area contributed by atoms with Crippen LogP contribution in [-0.4, -0.2) is 24.0 Å². The van der Waals surface area contributed by atoms with Crippen LogP contribution in [0.15, 0.2) is 18.2 Å². The summed E-state index contributed by atoms with van der Waals surface area (Å²) in [5.74, 6) is -0.332. The first-order chi connectivity index (χ1) is 8.78. The zero-order valence-corrected chi connectivity index (χ0v) is 10.6. The highest BCUT2D eigenvalue weighted by Gasteiger charge is 2.26. The molecule has 0 aliphatic rings. The summed E-state index contributed by atoms with van der Waals surface area (Å²) in [6.07, 6.45) is 0. The molecule has 19 heavy (non-hydrogen) atoms. The minimum atomic E-state index is -3.85. The molecule has 0 bridgehead atoms. The minimum absolute atomic E-state index is 0.332. The van der Waals surface area contributed by atoms with Gasteiger partial charge in [-0.2, -0.15) is 8.42 Å². The van der Waals surface area contributed by atoms with E-state index < -0.39 is 37.9 Å². The monoisotopic (exact) mass is 290 g/mol. The van der Waals surface area contributed by atoms with Crippen molar-refractivity contribution in [2.75, 3.05) is 5.75 Å². The predicted octanol–water partition coefficient (Wildman–Crippen LogP) is 1.37. The normalized spacial score (nSPS) is 11.2. The Labute approximate surface area is 108 Å². The molecule has 0 fully saturated rings. The van der Waals surface area contributed by atoms with Gasteiger partial charge in [0.1, 0.15) is 12.2 Å². The van der Waals surface area contributed by atoms with Crippen molar-refractivity contribution >= 4 is 21.5 Å². The summed E-state index contributed by atoms with van der Waals surface area (Å²) in [5.41, 5.74) is -1.49. The average molecular weight is 290 g/mol. The molecule has 1 rings (SSSR count). The summed E-state index contributed by atoms with van der Waals surface area (Å²) in [7, 11) is -3.85. The fourth-order valence-corrected chi connectivity index (χ4v) is 1.75. The second-order valence-corrected chi connectivity index (χ2v) is 5.33. The molecule has 0 unspecified atom stereocenters. The SMILES string of the molecule is CCS(=O)(=O)OCc1c([N+](=O)[O-])cccc1[N+](=O)[O-]. The van der Waals surface area contributed by atoms with E-state index in [1.54, 1.807) is 0 Å². The molecule has 0 aliphatic carbocycles. The van der Waals surface area contributed by atoms with E-state index in [2.05, 4.69) is 4.18 Å². The maximum atomic E-state index is 11.2. The van der Waals surface area contributed by atoms with E-state index in [1.807, 2.05) is 0 Å². The standard InChI is InChI=1S/C9H10N2O7S/c1-2-19(16,17)18-6-7-8(10(12)13)4-3-5-9(7)11(14)15/h3-5H,2,6H2,1H3. The summed E-state index contributed by atoms with van der Waals surface area (Å²) >= 11 is 0. The van der Waals surface area contributed by atoms with Crippen molar-refractivity contribution in [2.24, 2.45) is 0 Å². The fourth-order valence-electron chi connectivity index (χ4n) is 1.28. The molecule has 9 nitrogen and oxygen atoms in total. The van der Waals surface area contributed by atoms with E-state index in [-0.39, 0.29) is 11.3 Å². The lowest BCUT2D eigenvalue weighted by Crippen LogP contribution is -2.10. The van der Waals surface area contributed by atoms with Crippen LogP contribution in [0.25, 0.3) is 0 Å². The summed E-state index contributed by atoms with van der Waals surface area (Å²) in [5, 5.41) is 21.5. The van der Waals surface area contributed by atoms with Crippen molar-refractivity contribution < 1.29 is 22.4 Å². The molecule has 0 heterocycles. The van der Waals surface area contributed by atoms with Crippen LogP contribution in [0.4, 0.5) is 11.4 Å². The number of rotatable bonds is 6. The van der Waals surface area contributed by atoms with Crippen LogP contribution < -0.4 is 0 Å². The number of nitro groups is 2. The van der Waals surface area contributed by atoms with Gasteiger partial charge in [0.2, 0.25) is 0 Å². The molecule has 10 heteroatoms. The molecular weight excluding hydrogens is 280 g/mol. The molecule has 0 atom stereocenters. The molecular formula is C9H10N2O7S. The molecule has 0 saturated carbocycles. The Morgan fingerprint density at radius 2 is 1.63 bits per heavy atom. The van der Waals surface area contributed by atoms with Gasteiger partial charge in [-0.15, -0.1) is 0 Å². The Morgan fingerprint density at radius 3 is 2.00 bits per heavy atom. The number of nitrogens with zero attached hydrogens (tertiary/aromatic N) is 2. The molecule has 0 aromatic heterocycles. The van der Waals surface area contributed by atoms with Gasteiger partial charge in [0, 0.05) is 12.1 Å². The zero-order valence-electron chi connectivity index (χ0n) is 9.81. The first kappa shape index (κ1) is 15.0. The van der Waals surface area contributed by atoms with Crippen LogP contribution in [-0.2, 0) is 20.9 Å². The van der Waals surface area contributed by atoms with Gasteiger partial charge in [-0.1, -0.05) is 0 Å². The van der Waals surface area contributed by atoms with Crippen molar-refractivity contribution in [3.8, 4) is 0 Å². The molecule has 0 N–H and O–H groups in total. The number of nitro benzene ring substituents is 2. The summed E-state index contributed by atoms with van der Waals surface area (Å²) in [4.78, 5) is 19.9. The van der Waals surface area contributed by atoms with Crippen molar-refractivity contribution in [1.82, 2.24) is 0 Å². The van der Waals surface area contributed by atoms with Gasteiger partial charge >= 0.3 is 0 Å². The lowest BCUT2D eigenvalue weighted by atomic mass is 10.1. The van der Waals surface area contributed by atoms with Gasteiger partial charge in [-0.05, 0) is 13.0 Å². The molecule has 104 valence electrons. The maximum Gasteiger partial charge on any atom is 0.281 e. The van der Waals surface area contributed by atoms with E-state index in [0.717, 1.165) is 18.2 Å². The lowest BCUT2D eigenvalue weighted by molar-refractivity contribution is -0.396. The highest BCUT2D eigenvalue weighted by atomic mass is 32.2. The van der Waals surface area contributed by atoms with E-state index >= 15 is 0 Å². The van der Waals surface area contributed by atoms with Gasteiger partial charge in [0.15, 0.2) is 0 Å². The van der Waals surface area contributed by atoms with Crippen LogP contribution in [0, 0.1) is 20.2 Å². The number of hydrogen-bond acceptors (Lipinski definition) is 7. The van der Waals surface area contributed by atoms with E-state index in [9.17, 15) is 28.6 Å². The summed E-state index contributed by atoms with van der Waals surface area (Å²) in [6, 6.07) is 3.24. The first-order valence-corrected chi connectivity index (χ1v) is 6.64. The maximum absolute atomic E-state index is 11.2. The third-order valence-electron chi connectivity index (χ3n) is 2.26. The average Bonchev–Trinajstić information content (AvgIpc) is 2.35. The molecule has 1 aromatic carbocycles. The van der Waals surface area contributed by atoms with E-state index in [0.29, 0.717) is 0 Å². The topological polar surface area (TPSA) is 130 Å². The largest absolute Gasteiger partial charge is 0.281 e. The van der Waals surface area contributed by atoms with Crippen LogP contribution in [0.2, 0.25) is 0 Å². The Bertz CT molecular complexity index is 579.